The number of nitrogens with zero attached hydrogens (tertiary/aromatic N) is 4. The molecule has 12 aromatic carbocycles. The maximum absolute atomic E-state index is 7.28. The van der Waals surface area contributed by atoms with Crippen molar-refractivity contribution in [2.45, 2.75) is 6.17 Å². The van der Waals surface area contributed by atoms with Crippen LogP contribution in [-0.4, -0.2) is 28.2 Å². The van der Waals surface area contributed by atoms with Crippen molar-refractivity contribution >= 4 is 120 Å². The molecule has 0 amide bonds. The average Bonchev–Trinajstić information content (AvgIpc) is 3.94. The van der Waals surface area contributed by atoms with Crippen LogP contribution in [-0.2, 0) is 0 Å². The summed E-state index contributed by atoms with van der Waals surface area (Å²) < 4.78 is 9.74. The molecule has 322 valence electrons. The first-order chi connectivity index (χ1) is 34.1. The van der Waals surface area contributed by atoms with Gasteiger partial charge in [0.1, 0.15) is 17.0 Å². The lowest BCUT2D eigenvalue weighted by molar-refractivity contribution is 0.385. The van der Waals surface area contributed by atoms with Crippen molar-refractivity contribution in [1.29, 1.82) is 0 Å². The molecule has 1 aliphatic heterocycles. The molecule has 0 spiro atoms. The Morgan fingerprint density at radius 3 is 1.77 bits per heavy atom. The zero-order valence-corrected chi connectivity index (χ0v) is 37.6. The molecule has 1 aliphatic rings. The highest BCUT2D eigenvalue weighted by atomic mass is 16.3. The third-order valence-electron chi connectivity index (χ3n) is 14.7. The van der Waals surface area contributed by atoms with Crippen LogP contribution in [0.3, 0.4) is 0 Å². The number of amidine groups is 2. The van der Waals surface area contributed by atoms with Gasteiger partial charge in [0, 0.05) is 34.3 Å². The molecule has 0 bridgehead atoms. The highest BCUT2D eigenvalue weighted by molar-refractivity contribution is 6.27. The molecular formula is C64H40N4O. The molecule has 5 heteroatoms. The normalized spacial score (nSPS) is 14.4. The van der Waals surface area contributed by atoms with E-state index in [0.717, 1.165) is 88.1 Å². The molecule has 1 atom stereocenters. The fourth-order valence-electron chi connectivity index (χ4n) is 11.5. The number of furan rings is 1. The number of fused-ring (bicyclic) bond motifs is 14. The van der Waals surface area contributed by atoms with Crippen LogP contribution in [0.25, 0.3) is 114 Å². The summed E-state index contributed by atoms with van der Waals surface area (Å²) >= 11 is 0. The largest absolute Gasteiger partial charge is 0.455 e. The van der Waals surface area contributed by atoms with Crippen LogP contribution >= 0.6 is 0 Å². The van der Waals surface area contributed by atoms with Crippen molar-refractivity contribution in [2.75, 3.05) is 7.05 Å². The summed E-state index contributed by atoms with van der Waals surface area (Å²) in [7, 11) is 2.14. The monoisotopic (exact) mass is 880 g/mol. The van der Waals surface area contributed by atoms with Crippen molar-refractivity contribution in [2.24, 2.45) is 9.98 Å². The molecule has 0 saturated heterocycles. The van der Waals surface area contributed by atoms with E-state index in [9.17, 15) is 0 Å². The second-order valence-corrected chi connectivity index (χ2v) is 18.5. The average molecular weight is 881 g/mol. The van der Waals surface area contributed by atoms with Crippen LogP contribution in [0.2, 0.25) is 0 Å². The molecule has 3 heterocycles. The Kier molecular flexibility index (Phi) is 7.99. The number of rotatable bonds is 4. The van der Waals surface area contributed by atoms with Gasteiger partial charge in [0.25, 0.3) is 0 Å². The Labute approximate surface area is 396 Å². The van der Waals surface area contributed by atoms with E-state index in [1.54, 1.807) is 0 Å². The van der Waals surface area contributed by atoms with Crippen LogP contribution in [0, 0.1) is 0 Å². The Morgan fingerprint density at radius 1 is 0.406 bits per heavy atom. The van der Waals surface area contributed by atoms with E-state index < -0.39 is 6.17 Å². The van der Waals surface area contributed by atoms with E-state index in [-0.39, 0.29) is 0 Å². The fraction of sp³-hybridized carbons (Fsp3) is 0.0312. The molecular weight excluding hydrogens is 841 g/mol. The second-order valence-electron chi connectivity index (χ2n) is 18.5. The van der Waals surface area contributed by atoms with Crippen molar-refractivity contribution in [1.82, 2.24) is 9.47 Å². The van der Waals surface area contributed by atoms with Gasteiger partial charge in [-0.3, -0.25) is 0 Å². The molecule has 69 heavy (non-hydrogen) atoms. The van der Waals surface area contributed by atoms with E-state index in [4.69, 9.17) is 14.4 Å². The molecule has 0 N–H and O–H groups in total. The summed E-state index contributed by atoms with van der Waals surface area (Å²) in [4.78, 5) is 13.6. The first kappa shape index (κ1) is 38.1. The van der Waals surface area contributed by atoms with Gasteiger partial charge in [-0.15, -0.1) is 0 Å². The number of hydrogen-bond acceptors (Lipinski definition) is 4. The zero-order chi connectivity index (χ0) is 45.3. The van der Waals surface area contributed by atoms with E-state index in [0.29, 0.717) is 5.84 Å². The molecule has 0 aliphatic carbocycles. The van der Waals surface area contributed by atoms with Gasteiger partial charge in [-0.05, 0) is 113 Å². The van der Waals surface area contributed by atoms with E-state index in [2.05, 4.69) is 235 Å². The Hall–Kier alpha value is -9.06. The first-order valence-electron chi connectivity index (χ1n) is 23.6. The quantitative estimate of drug-likeness (QED) is 0.165. The first-order valence-corrected chi connectivity index (χ1v) is 23.6. The number of benzene rings is 12. The summed E-state index contributed by atoms with van der Waals surface area (Å²) in [6, 6.07) is 79.0. The maximum atomic E-state index is 7.28. The van der Waals surface area contributed by atoms with Crippen molar-refractivity contribution < 1.29 is 4.42 Å². The van der Waals surface area contributed by atoms with Crippen LogP contribution in [0.5, 0.6) is 0 Å². The lowest BCUT2D eigenvalue weighted by Crippen LogP contribution is -2.36. The van der Waals surface area contributed by atoms with Crippen LogP contribution in [0.4, 0.5) is 0 Å². The molecule has 14 aromatic rings. The minimum Gasteiger partial charge on any atom is -0.455 e. The minimum atomic E-state index is -0.399. The van der Waals surface area contributed by atoms with Crippen molar-refractivity contribution in [3.05, 3.63) is 235 Å². The Morgan fingerprint density at radius 2 is 1.00 bits per heavy atom. The van der Waals surface area contributed by atoms with E-state index in [1.807, 2.05) is 0 Å². The van der Waals surface area contributed by atoms with Gasteiger partial charge in [-0.2, -0.15) is 0 Å². The third-order valence-corrected chi connectivity index (χ3v) is 14.7. The SMILES string of the molecule is CN1C(c2cc3ccccc3c3ccccc23)=NC(c2ccc(-n3c4cc5ccccc5cc4c4c5ccccc5ccc43)c3c2oc2cc4ccccc4cc23)=NC1c1cccc2ccccc12. The lowest BCUT2D eigenvalue weighted by Gasteiger charge is -2.33. The minimum absolute atomic E-state index is 0.399. The number of aliphatic imine (C=N–C) groups is 2. The highest BCUT2D eigenvalue weighted by Gasteiger charge is 2.31. The van der Waals surface area contributed by atoms with Crippen LogP contribution in [0.15, 0.2) is 233 Å². The van der Waals surface area contributed by atoms with Gasteiger partial charge < -0.3 is 13.9 Å². The van der Waals surface area contributed by atoms with Gasteiger partial charge in [0.05, 0.1) is 27.7 Å². The molecule has 0 fully saturated rings. The summed E-state index contributed by atoms with van der Waals surface area (Å²) in [5.41, 5.74) is 7.89. The number of hydrogen-bond donors (Lipinski definition) is 0. The van der Waals surface area contributed by atoms with Gasteiger partial charge >= 0.3 is 0 Å². The van der Waals surface area contributed by atoms with Crippen molar-refractivity contribution in [3.8, 4) is 5.69 Å². The maximum Gasteiger partial charge on any atom is 0.163 e. The van der Waals surface area contributed by atoms with Gasteiger partial charge in [0.15, 0.2) is 12.0 Å². The van der Waals surface area contributed by atoms with Gasteiger partial charge in [-0.1, -0.05) is 170 Å². The molecule has 5 nitrogen and oxygen atoms in total. The number of aromatic nitrogens is 1. The summed E-state index contributed by atoms with van der Waals surface area (Å²) in [6.45, 7) is 0. The Balaban J connectivity index is 1.06. The summed E-state index contributed by atoms with van der Waals surface area (Å²) in [5, 5.41) is 18.7. The molecule has 0 radical (unpaired) electrons. The molecule has 2 aromatic heterocycles. The van der Waals surface area contributed by atoms with Gasteiger partial charge in [-0.25, -0.2) is 9.98 Å². The van der Waals surface area contributed by atoms with Crippen molar-refractivity contribution in [3.63, 3.8) is 0 Å². The fourth-order valence-corrected chi connectivity index (χ4v) is 11.5. The summed E-state index contributed by atoms with van der Waals surface area (Å²) in [5.74, 6) is 1.47. The smallest absolute Gasteiger partial charge is 0.163 e. The van der Waals surface area contributed by atoms with Crippen LogP contribution < -0.4 is 0 Å². The van der Waals surface area contributed by atoms with Crippen LogP contribution in [0.1, 0.15) is 22.9 Å². The summed E-state index contributed by atoms with van der Waals surface area (Å²) in [6.07, 6.45) is -0.399. The zero-order valence-electron chi connectivity index (χ0n) is 37.6. The predicted octanol–water partition coefficient (Wildman–Crippen LogP) is 16.4. The highest BCUT2D eigenvalue weighted by Crippen LogP contribution is 2.45. The van der Waals surface area contributed by atoms with E-state index >= 15 is 0 Å². The predicted molar refractivity (Wildman–Crippen MR) is 290 cm³/mol. The molecule has 1 unspecified atom stereocenters. The standard InChI is InChI=1S/C64H40N4O/c1-67-63(50-28-14-22-38-15-6-9-23-45(38)50)65-62(66-64(67)52-35-44-21-8-10-24-46(44)48-26-12-13-27-49(48)52)51-30-32-56(60-54-34-41-18-3-5-20-43(41)37-58(54)69-61(51)60)68-55-31-29-39-16-7-11-25-47(39)59(55)53-33-40-17-2-4-19-42(40)36-57(53)68/h2-37,63H,1H3. The Bertz CT molecular complexity index is 4580. The molecule has 0 saturated carbocycles. The third kappa shape index (κ3) is 5.59. The van der Waals surface area contributed by atoms with Gasteiger partial charge in [0.2, 0.25) is 0 Å². The topological polar surface area (TPSA) is 46.0 Å². The lowest BCUT2D eigenvalue weighted by atomic mass is 9.95. The molecule has 15 rings (SSSR count). The van der Waals surface area contributed by atoms with E-state index in [1.165, 1.54) is 48.5 Å². The second kappa shape index (κ2) is 14.5.